The maximum atomic E-state index is 10.0. The molecule has 0 saturated heterocycles. The van der Waals surface area contributed by atoms with Crippen LogP contribution in [0.3, 0.4) is 0 Å². The van der Waals surface area contributed by atoms with Crippen LogP contribution in [0.1, 0.15) is 39.5 Å². The van der Waals surface area contributed by atoms with Gasteiger partial charge in [-0.15, -0.1) is 0 Å². The lowest BCUT2D eigenvalue weighted by Gasteiger charge is -2.43. The Balaban J connectivity index is 2.41. The number of rotatable bonds is 0. The Morgan fingerprint density at radius 1 is 1.54 bits per heavy atom. The van der Waals surface area contributed by atoms with Gasteiger partial charge >= 0.3 is 0 Å². The van der Waals surface area contributed by atoms with Crippen LogP contribution in [-0.4, -0.2) is 11.2 Å². The van der Waals surface area contributed by atoms with Gasteiger partial charge in [0.15, 0.2) is 0 Å². The minimum absolute atomic E-state index is 0.0527. The first kappa shape index (κ1) is 9.01. The van der Waals surface area contributed by atoms with Crippen molar-refractivity contribution in [3.63, 3.8) is 0 Å². The number of aliphatic hydroxyl groups excluding tert-OH is 1. The highest BCUT2D eigenvalue weighted by atomic mass is 16.3. The van der Waals surface area contributed by atoms with Crippen LogP contribution >= 0.6 is 0 Å². The molecule has 0 heterocycles. The van der Waals surface area contributed by atoms with Gasteiger partial charge in [0.1, 0.15) is 0 Å². The van der Waals surface area contributed by atoms with Gasteiger partial charge in [0.25, 0.3) is 0 Å². The monoisotopic (exact) mass is 178 g/mol. The molecule has 2 unspecified atom stereocenters. The SMILES string of the molecule is CC1=C2CCCC(O)C2(C)CC=C1. The van der Waals surface area contributed by atoms with Gasteiger partial charge in [-0.3, -0.25) is 0 Å². The van der Waals surface area contributed by atoms with Gasteiger partial charge in [-0.1, -0.05) is 30.2 Å². The van der Waals surface area contributed by atoms with Crippen LogP contribution in [0, 0.1) is 5.41 Å². The van der Waals surface area contributed by atoms with Crippen molar-refractivity contribution in [1.82, 2.24) is 0 Å². The molecule has 1 N–H and O–H groups in total. The smallest absolute Gasteiger partial charge is 0.0634 e. The third kappa shape index (κ3) is 1.26. The standard InChI is InChI=1S/C12H18O/c1-9-5-4-8-12(2)10(9)6-3-7-11(12)13/h4-5,11,13H,3,6-8H2,1-2H3. The second kappa shape index (κ2) is 2.98. The Labute approximate surface area is 80.2 Å². The summed E-state index contributed by atoms with van der Waals surface area (Å²) >= 11 is 0. The van der Waals surface area contributed by atoms with E-state index in [1.54, 1.807) is 0 Å². The van der Waals surface area contributed by atoms with Gasteiger partial charge in [-0.05, 0) is 32.6 Å². The van der Waals surface area contributed by atoms with Crippen LogP contribution in [0.5, 0.6) is 0 Å². The third-order valence-corrected chi connectivity index (χ3v) is 3.71. The van der Waals surface area contributed by atoms with E-state index in [2.05, 4.69) is 26.0 Å². The van der Waals surface area contributed by atoms with E-state index >= 15 is 0 Å². The van der Waals surface area contributed by atoms with E-state index in [9.17, 15) is 5.11 Å². The maximum Gasteiger partial charge on any atom is 0.0634 e. The first-order valence-electron chi connectivity index (χ1n) is 5.19. The number of hydrogen-bond donors (Lipinski definition) is 1. The largest absolute Gasteiger partial charge is 0.392 e. The van der Waals surface area contributed by atoms with E-state index in [0.717, 1.165) is 19.3 Å². The van der Waals surface area contributed by atoms with E-state index in [-0.39, 0.29) is 11.5 Å². The van der Waals surface area contributed by atoms with Crippen molar-refractivity contribution >= 4 is 0 Å². The zero-order chi connectivity index (χ0) is 9.47. The average molecular weight is 178 g/mol. The molecule has 1 heteroatoms. The van der Waals surface area contributed by atoms with Crippen LogP contribution < -0.4 is 0 Å². The topological polar surface area (TPSA) is 20.2 Å². The lowest BCUT2D eigenvalue weighted by atomic mass is 9.64. The lowest BCUT2D eigenvalue weighted by molar-refractivity contribution is 0.0365. The highest BCUT2D eigenvalue weighted by molar-refractivity contribution is 5.35. The fourth-order valence-electron chi connectivity index (χ4n) is 2.77. The predicted molar refractivity (Wildman–Crippen MR) is 54.4 cm³/mol. The molecule has 0 spiro atoms. The Morgan fingerprint density at radius 3 is 3.00 bits per heavy atom. The Bertz CT molecular complexity index is 275. The fraction of sp³-hybridized carbons (Fsp3) is 0.667. The van der Waals surface area contributed by atoms with Crippen molar-refractivity contribution < 1.29 is 5.11 Å². The van der Waals surface area contributed by atoms with Crippen molar-refractivity contribution in [3.8, 4) is 0 Å². The number of aliphatic hydroxyl groups is 1. The van der Waals surface area contributed by atoms with Crippen LogP contribution in [0.2, 0.25) is 0 Å². The molecule has 0 aliphatic heterocycles. The van der Waals surface area contributed by atoms with E-state index in [4.69, 9.17) is 0 Å². The van der Waals surface area contributed by atoms with Crippen LogP contribution in [0.15, 0.2) is 23.3 Å². The van der Waals surface area contributed by atoms with Crippen LogP contribution in [0.4, 0.5) is 0 Å². The van der Waals surface area contributed by atoms with Gasteiger partial charge < -0.3 is 5.11 Å². The molecule has 1 saturated carbocycles. The molecule has 1 fully saturated rings. The van der Waals surface area contributed by atoms with Gasteiger partial charge in [-0.2, -0.15) is 0 Å². The Hall–Kier alpha value is -0.560. The summed E-state index contributed by atoms with van der Waals surface area (Å²) in [4.78, 5) is 0. The Morgan fingerprint density at radius 2 is 2.31 bits per heavy atom. The molecule has 0 aromatic heterocycles. The van der Waals surface area contributed by atoms with Gasteiger partial charge in [0.2, 0.25) is 0 Å². The Kier molecular flexibility index (Phi) is 2.07. The second-order valence-corrected chi connectivity index (χ2v) is 4.59. The van der Waals surface area contributed by atoms with E-state index in [1.165, 1.54) is 17.6 Å². The molecule has 0 bridgehead atoms. The summed E-state index contributed by atoms with van der Waals surface area (Å²) in [7, 11) is 0. The highest BCUT2D eigenvalue weighted by Crippen LogP contribution is 2.47. The average Bonchev–Trinajstić information content (AvgIpc) is 2.08. The van der Waals surface area contributed by atoms with Crippen LogP contribution in [0.25, 0.3) is 0 Å². The van der Waals surface area contributed by atoms with E-state index in [0.29, 0.717) is 0 Å². The summed E-state index contributed by atoms with van der Waals surface area (Å²) in [6.07, 6.45) is 8.60. The maximum absolute atomic E-state index is 10.0. The van der Waals surface area contributed by atoms with Crippen LogP contribution in [-0.2, 0) is 0 Å². The summed E-state index contributed by atoms with van der Waals surface area (Å²) in [5.74, 6) is 0. The van der Waals surface area contributed by atoms with Crippen molar-refractivity contribution in [2.75, 3.05) is 0 Å². The molecule has 2 rings (SSSR count). The molecule has 0 amide bonds. The minimum atomic E-state index is -0.129. The first-order chi connectivity index (χ1) is 6.14. The molecule has 0 aromatic rings. The fourth-order valence-corrected chi connectivity index (χ4v) is 2.77. The molecule has 13 heavy (non-hydrogen) atoms. The third-order valence-electron chi connectivity index (χ3n) is 3.71. The zero-order valence-electron chi connectivity index (χ0n) is 8.51. The quantitative estimate of drug-likeness (QED) is 0.604. The zero-order valence-corrected chi connectivity index (χ0v) is 8.51. The lowest BCUT2D eigenvalue weighted by Crippen LogP contribution is -2.38. The molecular weight excluding hydrogens is 160 g/mol. The number of hydrogen-bond acceptors (Lipinski definition) is 1. The van der Waals surface area contributed by atoms with Crippen molar-refractivity contribution in [1.29, 1.82) is 0 Å². The molecule has 1 nitrogen and oxygen atoms in total. The van der Waals surface area contributed by atoms with Crippen molar-refractivity contribution in [3.05, 3.63) is 23.3 Å². The van der Waals surface area contributed by atoms with E-state index < -0.39 is 0 Å². The van der Waals surface area contributed by atoms with Crippen molar-refractivity contribution in [2.45, 2.75) is 45.6 Å². The van der Waals surface area contributed by atoms with Gasteiger partial charge in [-0.25, -0.2) is 0 Å². The highest BCUT2D eigenvalue weighted by Gasteiger charge is 2.40. The van der Waals surface area contributed by atoms with Gasteiger partial charge in [0, 0.05) is 5.41 Å². The number of allylic oxidation sites excluding steroid dienone is 3. The normalized spacial score (nSPS) is 39.2. The molecule has 2 aliphatic carbocycles. The molecule has 72 valence electrons. The summed E-state index contributed by atoms with van der Waals surface area (Å²) < 4.78 is 0. The molecule has 0 aromatic carbocycles. The second-order valence-electron chi connectivity index (χ2n) is 4.59. The number of fused-ring (bicyclic) bond motifs is 1. The summed E-state index contributed by atoms with van der Waals surface area (Å²) in [6.45, 7) is 4.38. The first-order valence-corrected chi connectivity index (χ1v) is 5.19. The summed E-state index contributed by atoms with van der Waals surface area (Å²) in [5, 5.41) is 10.0. The molecular formula is C12H18O. The van der Waals surface area contributed by atoms with E-state index in [1.807, 2.05) is 0 Å². The van der Waals surface area contributed by atoms with Gasteiger partial charge in [0.05, 0.1) is 6.10 Å². The van der Waals surface area contributed by atoms with Crippen molar-refractivity contribution in [2.24, 2.45) is 5.41 Å². The predicted octanol–water partition coefficient (Wildman–Crippen LogP) is 2.81. The minimum Gasteiger partial charge on any atom is -0.392 e. The summed E-state index contributed by atoms with van der Waals surface area (Å²) in [5.41, 5.74) is 2.93. The molecule has 2 atom stereocenters. The molecule has 0 radical (unpaired) electrons. The molecule has 2 aliphatic rings. The summed E-state index contributed by atoms with van der Waals surface area (Å²) in [6, 6.07) is 0.